The summed E-state index contributed by atoms with van der Waals surface area (Å²) in [5.41, 5.74) is 0.325. The number of carbonyl (C=O) groups is 1. The van der Waals surface area contributed by atoms with Crippen LogP contribution in [-0.4, -0.2) is 45.8 Å². The van der Waals surface area contributed by atoms with Crippen LogP contribution in [0.2, 0.25) is 0 Å². The molecular formula is C16H26N2O5S. The van der Waals surface area contributed by atoms with Crippen molar-refractivity contribution in [3.05, 3.63) is 23.8 Å². The van der Waals surface area contributed by atoms with E-state index in [1.165, 1.54) is 18.2 Å². The van der Waals surface area contributed by atoms with Gasteiger partial charge >= 0.3 is 5.97 Å². The normalized spacial score (nSPS) is 11.4. The number of nitrogens with one attached hydrogen (secondary N) is 2. The lowest BCUT2D eigenvalue weighted by Crippen LogP contribution is -2.26. The molecule has 0 aliphatic heterocycles. The lowest BCUT2D eigenvalue weighted by atomic mass is 10.2. The van der Waals surface area contributed by atoms with Crippen molar-refractivity contribution in [2.45, 2.75) is 38.0 Å². The minimum absolute atomic E-state index is 0.0464. The lowest BCUT2D eigenvalue weighted by molar-refractivity contribution is 0.0696. The van der Waals surface area contributed by atoms with E-state index in [4.69, 9.17) is 9.84 Å². The van der Waals surface area contributed by atoms with Gasteiger partial charge in [-0.25, -0.2) is 17.9 Å². The van der Waals surface area contributed by atoms with Crippen molar-refractivity contribution < 1.29 is 23.1 Å². The molecule has 0 atom stereocenters. The van der Waals surface area contributed by atoms with Gasteiger partial charge in [-0.15, -0.1) is 0 Å². The molecule has 0 fully saturated rings. The van der Waals surface area contributed by atoms with Crippen LogP contribution in [0.4, 0.5) is 5.69 Å². The molecule has 0 spiro atoms. The number of benzene rings is 1. The first-order chi connectivity index (χ1) is 11.4. The Balaban J connectivity index is 2.95. The summed E-state index contributed by atoms with van der Waals surface area (Å²) in [5.74, 6) is -1.16. The number of carboxylic acid groups (broad SMARTS) is 1. The van der Waals surface area contributed by atoms with Crippen LogP contribution in [0.5, 0.6) is 0 Å². The topological polar surface area (TPSA) is 105 Å². The third-order valence-corrected chi connectivity index (χ3v) is 4.83. The molecule has 8 heteroatoms. The molecule has 0 aromatic heterocycles. The third-order valence-electron chi connectivity index (χ3n) is 3.33. The van der Waals surface area contributed by atoms with E-state index in [2.05, 4.69) is 10.0 Å². The fourth-order valence-electron chi connectivity index (χ4n) is 2.03. The molecule has 0 amide bonds. The summed E-state index contributed by atoms with van der Waals surface area (Å²) in [5, 5.41) is 12.1. The first kappa shape index (κ1) is 20.4. The van der Waals surface area contributed by atoms with Gasteiger partial charge in [0.15, 0.2) is 0 Å². The standard InChI is InChI=1S/C16H26N2O5S/c1-3-5-10-18-24(21,22)15-12-13(16(19)20)7-8-14(15)17-9-6-11-23-4-2/h7-8,12,17-18H,3-6,9-11H2,1-2H3,(H,19,20). The van der Waals surface area contributed by atoms with Gasteiger partial charge in [0, 0.05) is 26.3 Å². The van der Waals surface area contributed by atoms with Gasteiger partial charge in [-0.1, -0.05) is 13.3 Å². The zero-order valence-corrected chi connectivity index (χ0v) is 15.0. The highest BCUT2D eigenvalue weighted by molar-refractivity contribution is 7.89. The average Bonchev–Trinajstić information content (AvgIpc) is 2.54. The SMILES string of the molecule is CCCCNS(=O)(=O)c1cc(C(=O)O)ccc1NCCCOCC. The van der Waals surface area contributed by atoms with Gasteiger partial charge in [0.2, 0.25) is 10.0 Å². The Bertz CT molecular complexity index is 631. The van der Waals surface area contributed by atoms with Crippen LogP contribution < -0.4 is 10.0 Å². The van der Waals surface area contributed by atoms with Crippen molar-refractivity contribution in [1.29, 1.82) is 0 Å². The van der Waals surface area contributed by atoms with Gasteiger partial charge in [-0.05, 0) is 38.0 Å². The number of hydrogen-bond acceptors (Lipinski definition) is 5. The zero-order chi connectivity index (χ0) is 18.0. The van der Waals surface area contributed by atoms with E-state index in [1.807, 2.05) is 13.8 Å². The maximum Gasteiger partial charge on any atom is 0.335 e. The Labute approximate surface area is 143 Å². The molecular weight excluding hydrogens is 332 g/mol. The van der Waals surface area contributed by atoms with Gasteiger partial charge in [-0.3, -0.25) is 0 Å². The molecule has 1 rings (SSSR count). The average molecular weight is 358 g/mol. The number of carboxylic acids is 1. The van der Waals surface area contributed by atoms with Gasteiger partial charge in [0.1, 0.15) is 4.90 Å². The van der Waals surface area contributed by atoms with Gasteiger partial charge in [-0.2, -0.15) is 0 Å². The number of aromatic carboxylic acids is 1. The summed E-state index contributed by atoms with van der Waals surface area (Å²) in [6, 6.07) is 4.05. The van der Waals surface area contributed by atoms with Crippen molar-refractivity contribution in [3.8, 4) is 0 Å². The van der Waals surface area contributed by atoms with E-state index in [0.717, 1.165) is 19.3 Å². The highest BCUT2D eigenvalue weighted by Crippen LogP contribution is 2.23. The van der Waals surface area contributed by atoms with Crippen LogP contribution in [0.15, 0.2) is 23.1 Å². The molecule has 1 aromatic rings. The summed E-state index contributed by atoms with van der Waals surface area (Å²) in [7, 11) is -3.77. The number of unbranched alkanes of at least 4 members (excludes halogenated alkanes) is 1. The first-order valence-corrected chi connectivity index (χ1v) is 9.59. The monoisotopic (exact) mass is 358 g/mol. The van der Waals surface area contributed by atoms with E-state index in [-0.39, 0.29) is 10.5 Å². The van der Waals surface area contributed by atoms with Crippen LogP contribution in [0.1, 0.15) is 43.5 Å². The summed E-state index contributed by atoms with van der Waals surface area (Å²) in [6.07, 6.45) is 2.30. The highest BCUT2D eigenvalue weighted by atomic mass is 32.2. The molecule has 0 bridgehead atoms. The molecule has 3 N–H and O–H groups in total. The predicted molar refractivity (Wildman–Crippen MR) is 93.1 cm³/mol. The molecule has 136 valence electrons. The predicted octanol–water partition coefficient (Wildman–Crippen LogP) is 2.30. The molecule has 0 radical (unpaired) electrons. The summed E-state index contributed by atoms with van der Waals surface area (Å²) in [6.45, 7) is 5.93. The minimum atomic E-state index is -3.77. The second kappa shape index (κ2) is 10.3. The van der Waals surface area contributed by atoms with E-state index in [0.29, 0.717) is 32.0 Å². The Morgan fingerprint density at radius 3 is 2.58 bits per heavy atom. The Hall–Kier alpha value is -1.64. The van der Waals surface area contributed by atoms with E-state index >= 15 is 0 Å². The maximum absolute atomic E-state index is 12.5. The van der Waals surface area contributed by atoms with E-state index in [9.17, 15) is 13.2 Å². The summed E-state index contributed by atoms with van der Waals surface area (Å²) < 4.78 is 32.7. The summed E-state index contributed by atoms with van der Waals surface area (Å²) in [4.78, 5) is 11.1. The van der Waals surface area contributed by atoms with Gasteiger partial charge < -0.3 is 15.2 Å². The van der Waals surface area contributed by atoms with Crippen LogP contribution in [0.25, 0.3) is 0 Å². The highest BCUT2D eigenvalue weighted by Gasteiger charge is 2.20. The number of rotatable bonds is 12. The molecule has 24 heavy (non-hydrogen) atoms. The Morgan fingerprint density at radius 1 is 1.21 bits per heavy atom. The quantitative estimate of drug-likeness (QED) is 0.495. The molecule has 0 saturated heterocycles. The van der Waals surface area contributed by atoms with Crippen molar-refractivity contribution in [3.63, 3.8) is 0 Å². The van der Waals surface area contributed by atoms with Crippen molar-refractivity contribution in [2.24, 2.45) is 0 Å². The second-order valence-electron chi connectivity index (χ2n) is 5.24. The number of sulfonamides is 1. The fourth-order valence-corrected chi connectivity index (χ4v) is 3.31. The number of anilines is 1. The largest absolute Gasteiger partial charge is 0.478 e. The molecule has 1 aromatic carbocycles. The first-order valence-electron chi connectivity index (χ1n) is 8.11. The second-order valence-corrected chi connectivity index (χ2v) is 6.98. The molecule has 7 nitrogen and oxygen atoms in total. The summed E-state index contributed by atoms with van der Waals surface area (Å²) >= 11 is 0. The van der Waals surface area contributed by atoms with Crippen molar-refractivity contribution in [1.82, 2.24) is 4.72 Å². The van der Waals surface area contributed by atoms with Crippen LogP contribution >= 0.6 is 0 Å². The smallest absolute Gasteiger partial charge is 0.335 e. The maximum atomic E-state index is 12.5. The van der Waals surface area contributed by atoms with Crippen molar-refractivity contribution in [2.75, 3.05) is 31.6 Å². The van der Waals surface area contributed by atoms with Crippen LogP contribution in [-0.2, 0) is 14.8 Å². The van der Waals surface area contributed by atoms with Crippen molar-refractivity contribution >= 4 is 21.7 Å². The van der Waals surface area contributed by atoms with Crippen LogP contribution in [0, 0.1) is 0 Å². The van der Waals surface area contributed by atoms with Gasteiger partial charge in [0.05, 0.1) is 11.3 Å². The molecule has 0 aliphatic rings. The Kier molecular flexibility index (Phi) is 8.73. The zero-order valence-electron chi connectivity index (χ0n) is 14.2. The van der Waals surface area contributed by atoms with Crippen LogP contribution in [0.3, 0.4) is 0 Å². The molecule has 0 heterocycles. The molecule has 0 unspecified atom stereocenters. The van der Waals surface area contributed by atoms with E-state index in [1.54, 1.807) is 0 Å². The fraction of sp³-hybridized carbons (Fsp3) is 0.562. The third kappa shape index (κ3) is 6.46. The molecule has 0 aliphatic carbocycles. The number of ether oxygens (including phenoxy) is 1. The van der Waals surface area contributed by atoms with E-state index < -0.39 is 16.0 Å². The number of hydrogen-bond donors (Lipinski definition) is 3. The van der Waals surface area contributed by atoms with Gasteiger partial charge in [0.25, 0.3) is 0 Å². The lowest BCUT2D eigenvalue weighted by Gasteiger charge is -2.14. The minimum Gasteiger partial charge on any atom is -0.478 e. The molecule has 0 saturated carbocycles. The Morgan fingerprint density at radius 2 is 1.96 bits per heavy atom.